The summed E-state index contributed by atoms with van der Waals surface area (Å²) < 4.78 is 5.37. The summed E-state index contributed by atoms with van der Waals surface area (Å²) in [5.41, 5.74) is 13.7. The van der Waals surface area contributed by atoms with Gasteiger partial charge in [-0.25, -0.2) is 4.98 Å². The summed E-state index contributed by atoms with van der Waals surface area (Å²) in [6.45, 7) is 0. The van der Waals surface area contributed by atoms with Crippen LogP contribution in [0.5, 0.6) is 0 Å². The number of anilines is 2. The number of nitrogens with two attached hydrogens (primary N) is 2. The fraction of sp³-hybridized carbons (Fsp3) is 0. The highest BCUT2D eigenvalue weighted by molar-refractivity contribution is 5.86. The molecule has 0 bridgehead atoms. The van der Waals surface area contributed by atoms with Gasteiger partial charge in [-0.05, 0) is 29.8 Å². The molecule has 3 heterocycles. The van der Waals surface area contributed by atoms with Crippen LogP contribution in [0.15, 0.2) is 47.3 Å². The molecule has 0 unspecified atom stereocenters. The summed E-state index contributed by atoms with van der Waals surface area (Å²) in [5, 5.41) is 0. The van der Waals surface area contributed by atoms with E-state index in [4.69, 9.17) is 15.9 Å². The van der Waals surface area contributed by atoms with Crippen molar-refractivity contribution in [1.29, 1.82) is 0 Å². The van der Waals surface area contributed by atoms with Crippen molar-refractivity contribution < 1.29 is 4.42 Å². The molecule has 6 heteroatoms. The molecule has 94 valence electrons. The van der Waals surface area contributed by atoms with Gasteiger partial charge in [0.2, 0.25) is 5.95 Å². The Morgan fingerprint density at radius 3 is 2.47 bits per heavy atom. The minimum Gasteiger partial charge on any atom is -0.463 e. The number of furan rings is 1. The van der Waals surface area contributed by atoms with Gasteiger partial charge < -0.3 is 15.9 Å². The molecule has 6 nitrogen and oxygen atoms in total. The van der Waals surface area contributed by atoms with E-state index in [1.165, 1.54) is 0 Å². The van der Waals surface area contributed by atoms with E-state index in [0.717, 1.165) is 5.56 Å². The second-order valence-electron chi connectivity index (χ2n) is 3.90. The Morgan fingerprint density at radius 1 is 1.00 bits per heavy atom. The molecule has 0 aliphatic carbocycles. The normalized spacial score (nSPS) is 10.5. The molecular formula is C13H11N5O. The maximum Gasteiger partial charge on any atom is 0.222 e. The summed E-state index contributed by atoms with van der Waals surface area (Å²) in [6.07, 6.45) is 4.92. The highest BCUT2D eigenvalue weighted by atomic mass is 16.3. The van der Waals surface area contributed by atoms with Crippen molar-refractivity contribution in [3.63, 3.8) is 0 Å². The van der Waals surface area contributed by atoms with Crippen LogP contribution in [-0.4, -0.2) is 15.0 Å². The van der Waals surface area contributed by atoms with Crippen LogP contribution in [0.3, 0.4) is 0 Å². The molecule has 0 saturated heterocycles. The molecule has 0 spiro atoms. The molecule has 0 aliphatic rings. The van der Waals surface area contributed by atoms with Gasteiger partial charge in [0.05, 0.1) is 11.8 Å². The van der Waals surface area contributed by atoms with Crippen LogP contribution in [-0.2, 0) is 0 Å². The molecule has 0 aromatic carbocycles. The second-order valence-corrected chi connectivity index (χ2v) is 3.90. The third-order valence-electron chi connectivity index (χ3n) is 2.68. The first-order chi connectivity index (χ1) is 9.25. The maximum atomic E-state index is 5.97. The predicted molar refractivity (Wildman–Crippen MR) is 71.8 cm³/mol. The molecule has 3 aromatic rings. The van der Waals surface area contributed by atoms with Gasteiger partial charge in [0.1, 0.15) is 11.5 Å². The number of nitrogen functional groups attached to an aromatic ring is 2. The lowest BCUT2D eigenvalue weighted by molar-refractivity contribution is 0.580. The van der Waals surface area contributed by atoms with E-state index >= 15 is 0 Å². The molecule has 0 saturated carbocycles. The van der Waals surface area contributed by atoms with Crippen LogP contribution in [0.25, 0.3) is 22.6 Å². The van der Waals surface area contributed by atoms with E-state index in [2.05, 4.69) is 15.0 Å². The largest absolute Gasteiger partial charge is 0.463 e. The topological polar surface area (TPSA) is 104 Å². The van der Waals surface area contributed by atoms with Crippen molar-refractivity contribution in [1.82, 2.24) is 15.0 Å². The van der Waals surface area contributed by atoms with Crippen molar-refractivity contribution in [2.75, 3.05) is 11.5 Å². The Balaban J connectivity index is 2.29. The van der Waals surface area contributed by atoms with E-state index < -0.39 is 0 Å². The summed E-state index contributed by atoms with van der Waals surface area (Å²) in [5.74, 6) is 1.01. The predicted octanol–water partition coefficient (Wildman–Crippen LogP) is 1.96. The quantitative estimate of drug-likeness (QED) is 0.723. The van der Waals surface area contributed by atoms with Crippen LogP contribution >= 0.6 is 0 Å². The van der Waals surface area contributed by atoms with Gasteiger partial charge in [0.15, 0.2) is 5.76 Å². The first kappa shape index (κ1) is 11.2. The van der Waals surface area contributed by atoms with Gasteiger partial charge in [0.25, 0.3) is 0 Å². The van der Waals surface area contributed by atoms with Gasteiger partial charge >= 0.3 is 0 Å². The van der Waals surface area contributed by atoms with E-state index in [1.807, 2.05) is 12.1 Å². The minimum absolute atomic E-state index is 0.113. The molecule has 0 fully saturated rings. The fourth-order valence-electron chi connectivity index (χ4n) is 1.89. The van der Waals surface area contributed by atoms with E-state index in [1.54, 1.807) is 30.8 Å². The summed E-state index contributed by atoms with van der Waals surface area (Å²) in [4.78, 5) is 12.2. The first-order valence-electron chi connectivity index (χ1n) is 5.63. The molecule has 0 amide bonds. The van der Waals surface area contributed by atoms with Gasteiger partial charge in [-0.3, -0.25) is 4.98 Å². The van der Waals surface area contributed by atoms with Gasteiger partial charge in [-0.15, -0.1) is 0 Å². The monoisotopic (exact) mass is 253 g/mol. The molecule has 4 N–H and O–H groups in total. The summed E-state index contributed by atoms with van der Waals surface area (Å²) in [6, 6.07) is 7.24. The third-order valence-corrected chi connectivity index (χ3v) is 2.68. The number of aromatic nitrogens is 3. The highest BCUT2D eigenvalue weighted by Crippen LogP contribution is 2.34. The van der Waals surface area contributed by atoms with E-state index in [9.17, 15) is 0 Å². The van der Waals surface area contributed by atoms with Crippen molar-refractivity contribution in [3.05, 3.63) is 42.9 Å². The Bertz CT molecular complexity index is 695. The molecule has 3 aromatic heterocycles. The lowest BCUT2D eigenvalue weighted by Crippen LogP contribution is -2.04. The number of pyridine rings is 1. The van der Waals surface area contributed by atoms with Crippen LogP contribution < -0.4 is 11.5 Å². The van der Waals surface area contributed by atoms with Gasteiger partial charge in [-0.1, -0.05) is 0 Å². The zero-order valence-corrected chi connectivity index (χ0v) is 9.95. The van der Waals surface area contributed by atoms with E-state index in [-0.39, 0.29) is 5.95 Å². The van der Waals surface area contributed by atoms with Crippen molar-refractivity contribution in [2.45, 2.75) is 0 Å². The third kappa shape index (κ3) is 1.99. The smallest absolute Gasteiger partial charge is 0.222 e. The molecular weight excluding hydrogens is 242 g/mol. The van der Waals surface area contributed by atoms with Crippen LogP contribution in [0.4, 0.5) is 11.8 Å². The molecule has 3 rings (SSSR count). The Labute approximate surface area is 109 Å². The minimum atomic E-state index is 0.113. The number of rotatable bonds is 2. The fourth-order valence-corrected chi connectivity index (χ4v) is 1.89. The Kier molecular flexibility index (Phi) is 2.60. The highest BCUT2D eigenvalue weighted by Gasteiger charge is 2.16. The lowest BCUT2D eigenvalue weighted by atomic mass is 10.0. The zero-order chi connectivity index (χ0) is 13.2. The number of nitrogens with zero attached hydrogens (tertiary/aromatic N) is 3. The Morgan fingerprint density at radius 2 is 1.79 bits per heavy atom. The standard InChI is InChI=1S/C13H11N5O/c14-12-10(8-3-5-16-6-4-8)11(17-13(15)18-12)9-2-1-7-19-9/h1-7H,(H4,14,15,17,18). The lowest BCUT2D eigenvalue weighted by Gasteiger charge is -2.10. The average Bonchev–Trinajstić information content (AvgIpc) is 2.92. The average molecular weight is 253 g/mol. The second kappa shape index (κ2) is 4.41. The first-order valence-corrected chi connectivity index (χ1v) is 5.63. The molecule has 0 radical (unpaired) electrons. The number of hydrogen-bond acceptors (Lipinski definition) is 6. The molecule has 19 heavy (non-hydrogen) atoms. The Hall–Kier alpha value is -2.89. The van der Waals surface area contributed by atoms with Gasteiger partial charge in [-0.2, -0.15) is 4.98 Å². The summed E-state index contributed by atoms with van der Waals surface area (Å²) in [7, 11) is 0. The van der Waals surface area contributed by atoms with Crippen molar-refractivity contribution >= 4 is 11.8 Å². The van der Waals surface area contributed by atoms with Crippen LogP contribution in [0.1, 0.15) is 0 Å². The van der Waals surface area contributed by atoms with Crippen LogP contribution in [0.2, 0.25) is 0 Å². The van der Waals surface area contributed by atoms with Crippen molar-refractivity contribution in [2.24, 2.45) is 0 Å². The molecule has 0 atom stereocenters. The maximum absolute atomic E-state index is 5.97. The van der Waals surface area contributed by atoms with Gasteiger partial charge in [0, 0.05) is 12.4 Å². The van der Waals surface area contributed by atoms with Crippen LogP contribution in [0, 0.1) is 0 Å². The number of hydrogen-bond donors (Lipinski definition) is 2. The molecule has 0 aliphatic heterocycles. The SMILES string of the molecule is Nc1nc(N)c(-c2ccncc2)c(-c2ccco2)n1. The van der Waals surface area contributed by atoms with E-state index in [0.29, 0.717) is 22.8 Å². The zero-order valence-electron chi connectivity index (χ0n) is 9.95. The van der Waals surface area contributed by atoms with Crippen molar-refractivity contribution in [3.8, 4) is 22.6 Å². The summed E-state index contributed by atoms with van der Waals surface area (Å²) >= 11 is 0.